The summed E-state index contributed by atoms with van der Waals surface area (Å²) < 4.78 is 5.32. The van der Waals surface area contributed by atoms with Crippen molar-refractivity contribution in [2.24, 2.45) is 5.92 Å². The molecule has 3 heterocycles. The van der Waals surface area contributed by atoms with Gasteiger partial charge in [-0.15, -0.1) is 0 Å². The number of piperidine rings is 1. The standard InChI is InChI=1S/C19H19N5O3/c1-13-3-2-10-23(12-13)16-5-4-15(11-17(16)24(25)26)19-21-18(22-27-19)14-6-8-20-9-7-14/h4-9,11,13H,2-3,10,12H2,1H3/t13-/m0/s1. The average Bonchev–Trinajstić information content (AvgIpc) is 3.18. The van der Waals surface area contributed by atoms with Crippen molar-refractivity contribution in [1.82, 2.24) is 15.1 Å². The first-order chi connectivity index (χ1) is 13.1. The second-order valence-corrected chi connectivity index (χ2v) is 6.81. The fourth-order valence-electron chi connectivity index (χ4n) is 3.44. The van der Waals surface area contributed by atoms with Crippen molar-refractivity contribution in [3.05, 3.63) is 52.8 Å². The van der Waals surface area contributed by atoms with E-state index in [2.05, 4.69) is 26.9 Å². The molecule has 1 aliphatic heterocycles. The van der Waals surface area contributed by atoms with Crippen LogP contribution in [-0.2, 0) is 0 Å². The zero-order valence-electron chi connectivity index (χ0n) is 14.9. The maximum absolute atomic E-state index is 11.7. The van der Waals surface area contributed by atoms with Gasteiger partial charge in [0.25, 0.3) is 11.6 Å². The van der Waals surface area contributed by atoms with E-state index >= 15 is 0 Å². The van der Waals surface area contributed by atoms with Crippen molar-refractivity contribution in [1.29, 1.82) is 0 Å². The monoisotopic (exact) mass is 365 g/mol. The van der Waals surface area contributed by atoms with E-state index in [4.69, 9.17) is 4.52 Å². The predicted molar refractivity (Wildman–Crippen MR) is 100 cm³/mol. The molecular formula is C19H19N5O3. The van der Waals surface area contributed by atoms with Gasteiger partial charge in [-0.3, -0.25) is 15.1 Å². The van der Waals surface area contributed by atoms with Crippen LogP contribution >= 0.6 is 0 Å². The van der Waals surface area contributed by atoms with Gasteiger partial charge in [0.15, 0.2) is 0 Å². The highest BCUT2D eigenvalue weighted by molar-refractivity contribution is 5.71. The molecule has 138 valence electrons. The molecule has 4 rings (SSSR count). The Labute approximate surface area is 156 Å². The summed E-state index contributed by atoms with van der Waals surface area (Å²) in [5.41, 5.74) is 2.01. The van der Waals surface area contributed by atoms with Gasteiger partial charge in [0.05, 0.1) is 4.92 Å². The number of hydrogen-bond donors (Lipinski definition) is 0. The van der Waals surface area contributed by atoms with Gasteiger partial charge in [0.1, 0.15) is 5.69 Å². The Bertz CT molecular complexity index is 957. The Morgan fingerprint density at radius 1 is 1.22 bits per heavy atom. The summed E-state index contributed by atoms with van der Waals surface area (Å²) in [6, 6.07) is 8.64. The Morgan fingerprint density at radius 3 is 2.78 bits per heavy atom. The number of nitrogens with zero attached hydrogens (tertiary/aromatic N) is 5. The van der Waals surface area contributed by atoms with Gasteiger partial charge in [-0.1, -0.05) is 12.1 Å². The van der Waals surface area contributed by atoms with Crippen molar-refractivity contribution in [3.63, 3.8) is 0 Å². The van der Waals surface area contributed by atoms with Crippen LogP contribution in [0.5, 0.6) is 0 Å². The van der Waals surface area contributed by atoms with Gasteiger partial charge in [-0.25, -0.2) is 0 Å². The number of nitro groups is 1. The van der Waals surface area contributed by atoms with E-state index in [9.17, 15) is 10.1 Å². The highest BCUT2D eigenvalue weighted by Gasteiger charge is 2.25. The van der Waals surface area contributed by atoms with Crippen LogP contribution in [-0.4, -0.2) is 33.1 Å². The molecule has 1 aromatic carbocycles. The lowest BCUT2D eigenvalue weighted by Crippen LogP contribution is -2.34. The summed E-state index contributed by atoms with van der Waals surface area (Å²) in [5, 5.41) is 15.6. The third-order valence-corrected chi connectivity index (χ3v) is 4.78. The molecule has 1 aliphatic rings. The number of aromatic nitrogens is 3. The topological polar surface area (TPSA) is 98.2 Å². The molecule has 8 heteroatoms. The molecule has 2 aromatic heterocycles. The van der Waals surface area contributed by atoms with Crippen molar-refractivity contribution < 1.29 is 9.45 Å². The molecule has 0 amide bonds. The van der Waals surface area contributed by atoms with Crippen molar-refractivity contribution in [3.8, 4) is 22.8 Å². The molecule has 0 bridgehead atoms. The van der Waals surface area contributed by atoms with Crippen LogP contribution in [0, 0.1) is 16.0 Å². The van der Waals surface area contributed by atoms with Gasteiger partial charge < -0.3 is 9.42 Å². The fourth-order valence-corrected chi connectivity index (χ4v) is 3.44. The predicted octanol–water partition coefficient (Wildman–Crippen LogP) is 3.94. The SMILES string of the molecule is C[C@H]1CCCN(c2ccc(-c3nc(-c4ccncc4)no3)cc2[N+](=O)[O-])C1. The molecule has 27 heavy (non-hydrogen) atoms. The van der Waals surface area contributed by atoms with Crippen LogP contribution in [0.2, 0.25) is 0 Å². The van der Waals surface area contributed by atoms with Crippen LogP contribution in [0.15, 0.2) is 47.2 Å². The lowest BCUT2D eigenvalue weighted by molar-refractivity contribution is -0.384. The second kappa shape index (κ2) is 7.14. The lowest BCUT2D eigenvalue weighted by atomic mass is 9.99. The third kappa shape index (κ3) is 3.51. The Balaban J connectivity index is 1.67. The summed E-state index contributed by atoms with van der Waals surface area (Å²) in [5.74, 6) is 1.20. The molecule has 0 N–H and O–H groups in total. The molecule has 1 saturated heterocycles. The first-order valence-electron chi connectivity index (χ1n) is 8.89. The molecule has 8 nitrogen and oxygen atoms in total. The van der Waals surface area contributed by atoms with E-state index in [1.165, 1.54) is 6.07 Å². The summed E-state index contributed by atoms with van der Waals surface area (Å²) >= 11 is 0. The minimum atomic E-state index is -0.349. The van der Waals surface area contributed by atoms with Crippen LogP contribution in [0.25, 0.3) is 22.8 Å². The van der Waals surface area contributed by atoms with Crippen LogP contribution < -0.4 is 4.90 Å². The van der Waals surface area contributed by atoms with E-state index in [-0.39, 0.29) is 16.5 Å². The maximum Gasteiger partial charge on any atom is 0.293 e. The highest BCUT2D eigenvalue weighted by atomic mass is 16.6. The van der Waals surface area contributed by atoms with Gasteiger partial charge in [0.2, 0.25) is 5.82 Å². The molecule has 1 atom stereocenters. The fraction of sp³-hybridized carbons (Fsp3) is 0.316. The zero-order chi connectivity index (χ0) is 18.8. The minimum Gasteiger partial charge on any atom is -0.366 e. The van der Waals surface area contributed by atoms with Gasteiger partial charge in [0, 0.05) is 42.7 Å². The van der Waals surface area contributed by atoms with Crippen LogP contribution in [0.3, 0.4) is 0 Å². The molecule has 1 fully saturated rings. The Morgan fingerprint density at radius 2 is 2.04 bits per heavy atom. The quantitative estimate of drug-likeness (QED) is 0.510. The molecule has 0 spiro atoms. The molecule has 3 aromatic rings. The summed E-state index contributed by atoms with van der Waals surface area (Å²) in [4.78, 5) is 21.7. The van der Waals surface area contributed by atoms with E-state index < -0.39 is 0 Å². The average molecular weight is 365 g/mol. The molecule has 0 radical (unpaired) electrons. The first kappa shape index (κ1) is 17.1. The summed E-state index contributed by atoms with van der Waals surface area (Å²) in [7, 11) is 0. The van der Waals surface area contributed by atoms with Crippen LogP contribution in [0.4, 0.5) is 11.4 Å². The number of anilines is 1. The Kier molecular flexibility index (Phi) is 4.53. The van der Waals surface area contributed by atoms with Gasteiger partial charge in [-0.2, -0.15) is 4.98 Å². The normalized spacial score (nSPS) is 17.1. The van der Waals surface area contributed by atoms with Crippen LogP contribution in [0.1, 0.15) is 19.8 Å². The number of pyridine rings is 1. The third-order valence-electron chi connectivity index (χ3n) is 4.78. The second-order valence-electron chi connectivity index (χ2n) is 6.81. The maximum atomic E-state index is 11.7. The number of nitro benzene ring substituents is 1. The van der Waals surface area contributed by atoms with Crippen molar-refractivity contribution in [2.45, 2.75) is 19.8 Å². The molecule has 0 saturated carbocycles. The van der Waals surface area contributed by atoms with Gasteiger partial charge in [-0.05, 0) is 43.0 Å². The largest absolute Gasteiger partial charge is 0.366 e. The van der Waals surface area contributed by atoms with Crippen molar-refractivity contribution >= 4 is 11.4 Å². The summed E-state index contributed by atoms with van der Waals surface area (Å²) in [6.07, 6.45) is 5.48. The van der Waals surface area contributed by atoms with Gasteiger partial charge >= 0.3 is 0 Å². The first-order valence-corrected chi connectivity index (χ1v) is 8.89. The molecular weight excluding hydrogens is 346 g/mol. The highest BCUT2D eigenvalue weighted by Crippen LogP contribution is 2.35. The van der Waals surface area contributed by atoms with Crippen molar-refractivity contribution in [2.75, 3.05) is 18.0 Å². The Hall–Kier alpha value is -3.29. The molecule has 0 aliphatic carbocycles. The summed E-state index contributed by atoms with van der Waals surface area (Å²) in [6.45, 7) is 3.83. The van der Waals surface area contributed by atoms with E-state index in [0.717, 1.165) is 31.5 Å². The van der Waals surface area contributed by atoms with E-state index in [0.29, 0.717) is 23.0 Å². The zero-order valence-corrected chi connectivity index (χ0v) is 14.9. The minimum absolute atomic E-state index is 0.0604. The number of benzene rings is 1. The molecule has 0 unspecified atom stereocenters. The lowest BCUT2D eigenvalue weighted by Gasteiger charge is -2.32. The number of rotatable bonds is 4. The van der Waals surface area contributed by atoms with E-state index in [1.807, 2.05) is 0 Å². The van der Waals surface area contributed by atoms with E-state index in [1.54, 1.807) is 36.7 Å². The number of hydrogen-bond acceptors (Lipinski definition) is 7. The smallest absolute Gasteiger partial charge is 0.293 e.